The van der Waals surface area contributed by atoms with E-state index < -0.39 is 11.6 Å². The summed E-state index contributed by atoms with van der Waals surface area (Å²) in [5, 5.41) is 7.26. The van der Waals surface area contributed by atoms with E-state index in [9.17, 15) is 13.6 Å². The average molecular weight is 463 g/mol. The Balaban J connectivity index is 1.63. The number of amides is 1. The Labute approximate surface area is 195 Å². The highest BCUT2D eigenvalue weighted by Gasteiger charge is 2.21. The predicted molar refractivity (Wildman–Crippen MR) is 125 cm³/mol. The number of carbonyl (C=O) groups excluding carboxylic acids is 1. The van der Waals surface area contributed by atoms with Gasteiger partial charge < -0.3 is 14.8 Å². The largest absolute Gasteiger partial charge is 0.497 e. The fraction of sp³-hybridized carbons (Fsp3) is 0.154. The van der Waals surface area contributed by atoms with E-state index in [1.807, 2.05) is 0 Å². The smallest absolute Gasteiger partial charge is 0.226 e. The Hall–Kier alpha value is -4.20. The van der Waals surface area contributed by atoms with E-state index in [0.717, 1.165) is 0 Å². The average Bonchev–Trinajstić information content (AvgIpc) is 3.14. The monoisotopic (exact) mass is 463 g/mol. The van der Waals surface area contributed by atoms with Crippen LogP contribution < -0.4 is 14.8 Å². The minimum absolute atomic E-state index is 0.0441. The predicted octanol–water partition coefficient (Wildman–Crippen LogP) is 5.83. The molecule has 8 heteroatoms. The molecule has 0 unspecified atom stereocenters. The van der Waals surface area contributed by atoms with Gasteiger partial charge in [0.05, 0.1) is 18.5 Å². The molecule has 0 fully saturated rings. The summed E-state index contributed by atoms with van der Waals surface area (Å²) in [5.74, 6) is -0.209. The van der Waals surface area contributed by atoms with Crippen molar-refractivity contribution in [3.8, 4) is 23.1 Å². The summed E-state index contributed by atoms with van der Waals surface area (Å²) >= 11 is 0. The number of benzene rings is 3. The van der Waals surface area contributed by atoms with Crippen molar-refractivity contribution in [1.29, 1.82) is 0 Å². The van der Waals surface area contributed by atoms with E-state index in [0.29, 0.717) is 34.3 Å². The van der Waals surface area contributed by atoms with E-state index >= 15 is 0 Å². The second-order valence-corrected chi connectivity index (χ2v) is 7.57. The Morgan fingerprint density at radius 1 is 1.03 bits per heavy atom. The van der Waals surface area contributed by atoms with Gasteiger partial charge in [0, 0.05) is 17.7 Å². The summed E-state index contributed by atoms with van der Waals surface area (Å²) in [5.41, 5.74) is 2.36. The minimum Gasteiger partial charge on any atom is -0.497 e. The minimum atomic E-state index is -0.516. The number of aromatic nitrogens is 2. The highest BCUT2D eigenvalue weighted by atomic mass is 19.1. The third-order valence-corrected chi connectivity index (χ3v) is 5.21. The first-order valence-electron chi connectivity index (χ1n) is 10.7. The maximum atomic E-state index is 14.4. The van der Waals surface area contributed by atoms with Crippen LogP contribution in [0.3, 0.4) is 0 Å². The van der Waals surface area contributed by atoms with Crippen LogP contribution in [0.4, 0.5) is 14.5 Å². The van der Waals surface area contributed by atoms with Crippen LogP contribution in [0.25, 0.3) is 5.69 Å². The maximum absolute atomic E-state index is 14.4. The molecule has 4 rings (SSSR count). The quantitative estimate of drug-likeness (QED) is 0.357. The van der Waals surface area contributed by atoms with Crippen LogP contribution in [-0.2, 0) is 11.2 Å². The van der Waals surface area contributed by atoms with E-state index in [1.54, 1.807) is 61.2 Å². The standard InChI is InChI=1S/C26H23F2N3O3/c1-17-22(14-15-25(32)29-19-7-5-6-18(27)16-19)26(34-24-9-4-3-8-23(24)28)31(30-17)20-10-12-21(33-2)13-11-20/h3-13,16H,14-15H2,1-2H3,(H,29,32). The second kappa shape index (κ2) is 10.2. The van der Waals surface area contributed by atoms with Gasteiger partial charge >= 0.3 is 0 Å². The lowest BCUT2D eigenvalue weighted by Gasteiger charge is -2.12. The van der Waals surface area contributed by atoms with Crippen molar-refractivity contribution in [1.82, 2.24) is 9.78 Å². The molecular weight excluding hydrogens is 440 g/mol. The summed E-state index contributed by atoms with van der Waals surface area (Å²) < 4.78 is 40.5. The van der Waals surface area contributed by atoms with E-state index in [2.05, 4.69) is 10.4 Å². The van der Waals surface area contributed by atoms with Gasteiger partial charge in [0.1, 0.15) is 11.6 Å². The van der Waals surface area contributed by atoms with Crippen molar-refractivity contribution in [2.75, 3.05) is 12.4 Å². The van der Waals surface area contributed by atoms with Crippen LogP contribution in [0.5, 0.6) is 17.4 Å². The van der Waals surface area contributed by atoms with Gasteiger partial charge in [-0.15, -0.1) is 0 Å². The van der Waals surface area contributed by atoms with Crippen LogP contribution in [-0.4, -0.2) is 22.8 Å². The van der Waals surface area contributed by atoms with Crippen molar-refractivity contribution < 1.29 is 23.0 Å². The highest BCUT2D eigenvalue weighted by Crippen LogP contribution is 2.33. The second-order valence-electron chi connectivity index (χ2n) is 7.57. The Bertz CT molecular complexity index is 1300. The maximum Gasteiger partial charge on any atom is 0.226 e. The Kier molecular flexibility index (Phi) is 6.87. The normalized spacial score (nSPS) is 10.7. The number of hydrogen-bond acceptors (Lipinski definition) is 4. The van der Waals surface area contributed by atoms with Gasteiger partial charge in [-0.2, -0.15) is 5.10 Å². The molecule has 0 aliphatic rings. The van der Waals surface area contributed by atoms with Crippen LogP contribution >= 0.6 is 0 Å². The molecule has 0 bridgehead atoms. The first kappa shape index (κ1) is 23.0. The molecule has 0 radical (unpaired) electrons. The zero-order chi connectivity index (χ0) is 24.1. The molecular formula is C26H23F2N3O3. The molecule has 3 aromatic carbocycles. The van der Waals surface area contributed by atoms with E-state index in [-0.39, 0.29) is 24.5 Å². The molecule has 1 N–H and O–H groups in total. The van der Waals surface area contributed by atoms with Crippen LogP contribution in [0.15, 0.2) is 72.8 Å². The van der Waals surface area contributed by atoms with Gasteiger partial charge in [-0.1, -0.05) is 18.2 Å². The molecule has 0 saturated carbocycles. The summed E-state index contributed by atoms with van der Waals surface area (Å²) in [6, 6.07) is 18.9. The van der Waals surface area contributed by atoms with Crippen molar-refractivity contribution >= 4 is 11.6 Å². The lowest BCUT2D eigenvalue weighted by molar-refractivity contribution is -0.116. The molecule has 1 heterocycles. The molecule has 0 aliphatic carbocycles. The lowest BCUT2D eigenvalue weighted by Crippen LogP contribution is -2.12. The Morgan fingerprint density at radius 2 is 1.79 bits per heavy atom. The number of anilines is 1. The van der Waals surface area contributed by atoms with Gasteiger partial charge in [0.25, 0.3) is 0 Å². The van der Waals surface area contributed by atoms with Crippen molar-refractivity contribution in [2.24, 2.45) is 0 Å². The zero-order valence-corrected chi connectivity index (χ0v) is 18.7. The number of hydrogen-bond donors (Lipinski definition) is 1. The Morgan fingerprint density at radius 3 is 2.50 bits per heavy atom. The first-order chi connectivity index (χ1) is 16.4. The van der Waals surface area contributed by atoms with Crippen LogP contribution in [0, 0.1) is 18.6 Å². The SMILES string of the molecule is COc1ccc(-n2nc(C)c(CCC(=O)Nc3cccc(F)c3)c2Oc2ccccc2F)cc1. The molecule has 34 heavy (non-hydrogen) atoms. The number of halogens is 2. The molecule has 6 nitrogen and oxygen atoms in total. The summed E-state index contributed by atoms with van der Waals surface area (Å²) in [4.78, 5) is 12.5. The number of nitrogens with zero attached hydrogens (tertiary/aromatic N) is 2. The molecule has 0 atom stereocenters. The number of carbonyl (C=O) groups is 1. The third kappa shape index (κ3) is 5.23. The summed E-state index contributed by atoms with van der Waals surface area (Å²) in [7, 11) is 1.58. The zero-order valence-electron chi connectivity index (χ0n) is 18.7. The van der Waals surface area contributed by atoms with Crippen LogP contribution in [0.1, 0.15) is 17.7 Å². The molecule has 1 aromatic heterocycles. The van der Waals surface area contributed by atoms with Gasteiger partial charge in [0.15, 0.2) is 11.6 Å². The first-order valence-corrected chi connectivity index (χ1v) is 10.7. The molecule has 0 saturated heterocycles. The molecule has 4 aromatic rings. The number of ether oxygens (including phenoxy) is 2. The van der Waals surface area contributed by atoms with Crippen molar-refractivity contribution in [3.05, 3.63) is 95.7 Å². The summed E-state index contributed by atoms with van der Waals surface area (Å²) in [6.45, 7) is 1.80. The number of rotatable bonds is 8. The molecule has 0 spiro atoms. The van der Waals surface area contributed by atoms with Crippen molar-refractivity contribution in [3.63, 3.8) is 0 Å². The lowest BCUT2D eigenvalue weighted by atomic mass is 10.1. The van der Waals surface area contributed by atoms with E-state index in [4.69, 9.17) is 9.47 Å². The van der Waals surface area contributed by atoms with Crippen molar-refractivity contribution in [2.45, 2.75) is 19.8 Å². The highest BCUT2D eigenvalue weighted by molar-refractivity contribution is 5.90. The topological polar surface area (TPSA) is 65.4 Å². The number of para-hydroxylation sites is 1. The fourth-order valence-electron chi connectivity index (χ4n) is 3.49. The van der Waals surface area contributed by atoms with Gasteiger partial charge in [0.2, 0.25) is 11.8 Å². The third-order valence-electron chi connectivity index (χ3n) is 5.21. The van der Waals surface area contributed by atoms with Crippen LogP contribution in [0.2, 0.25) is 0 Å². The van der Waals surface area contributed by atoms with E-state index in [1.165, 1.54) is 30.3 Å². The summed E-state index contributed by atoms with van der Waals surface area (Å²) in [6.07, 6.45) is 0.381. The molecule has 1 amide bonds. The fourth-order valence-corrected chi connectivity index (χ4v) is 3.49. The van der Waals surface area contributed by atoms with Gasteiger partial charge in [-0.05, 0) is 67.9 Å². The van der Waals surface area contributed by atoms with Gasteiger partial charge in [-0.3, -0.25) is 4.79 Å². The number of aryl methyl sites for hydroxylation is 1. The number of methoxy groups -OCH3 is 1. The van der Waals surface area contributed by atoms with Gasteiger partial charge in [-0.25, -0.2) is 13.5 Å². The molecule has 0 aliphatic heterocycles. The number of nitrogens with one attached hydrogen (secondary N) is 1. The molecule has 174 valence electrons.